The van der Waals surface area contributed by atoms with Crippen LogP contribution in [0.5, 0.6) is 0 Å². The molecule has 1 aromatic carbocycles. The van der Waals surface area contributed by atoms with Crippen LogP contribution in [-0.2, 0) is 14.8 Å². The molecule has 0 radical (unpaired) electrons. The molecule has 0 bridgehead atoms. The number of thiophene rings is 1. The van der Waals surface area contributed by atoms with Crippen LogP contribution in [0, 0.1) is 0 Å². The third kappa shape index (κ3) is 2.47. The molecule has 0 spiro atoms. The van der Waals surface area contributed by atoms with E-state index >= 15 is 0 Å². The number of hydrogen-bond donors (Lipinski definition) is 2. The highest BCUT2D eigenvalue weighted by molar-refractivity contribution is 7.89. The van der Waals surface area contributed by atoms with Crippen molar-refractivity contribution in [2.75, 3.05) is 12.4 Å². The fourth-order valence-corrected chi connectivity index (χ4v) is 4.82. The molecule has 0 atom stereocenters. The fraction of sp³-hybridized carbons (Fsp3) is 0.0667. The number of anilines is 1. The Morgan fingerprint density at radius 1 is 1.21 bits per heavy atom. The number of likely N-dealkylation sites (N-methyl/N-ethyl adjacent to an activating group) is 1. The molecule has 1 aliphatic rings. The lowest BCUT2D eigenvalue weighted by atomic mass is 10.2. The van der Waals surface area contributed by atoms with Gasteiger partial charge in [0.2, 0.25) is 5.43 Å². The van der Waals surface area contributed by atoms with Gasteiger partial charge in [0, 0.05) is 7.05 Å². The van der Waals surface area contributed by atoms with Gasteiger partial charge in [0.1, 0.15) is 4.90 Å². The van der Waals surface area contributed by atoms with E-state index in [1.807, 2.05) is 0 Å². The highest BCUT2D eigenvalue weighted by Crippen LogP contribution is 2.38. The van der Waals surface area contributed by atoms with Gasteiger partial charge in [-0.2, -0.15) is 0 Å². The van der Waals surface area contributed by atoms with E-state index in [2.05, 4.69) is 5.32 Å². The van der Waals surface area contributed by atoms with Crippen LogP contribution in [0.2, 0.25) is 0 Å². The molecular weight excluding hydrogens is 352 g/mol. The van der Waals surface area contributed by atoms with Gasteiger partial charge in [-0.15, -0.1) is 11.3 Å². The molecule has 0 fully saturated rings. The average Bonchev–Trinajstić information content (AvgIpc) is 2.95. The van der Waals surface area contributed by atoms with E-state index < -0.39 is 32.8 Å². The van der Waals surface area contributed by atoms with Gasteiger partial charge in [-0.3, -0.25) is 13.9 Å². The molecule has 24 heavy (non-hydrogen) atoms. The first-order chi connectivity index (χ1) is 11.3. The van der Waals surface area contributed by atoms with Crippen LogP contribution in [0.15, 0.2) is 57.2 Å². The fourth-order valence-electron chi connectivity index (χ4n) is 2.26. The van der Waals surface area contributed by atoms with Gasteiger partial charge in [0.25, 0.3) is 15.9 Å². The average molecular weight is 364 g/mol. The van der Waals surface area contributed by atoms with E-state index in [1.165, 1.54) is 36.7 Å². The lowest BCUT2D eigenvalue weighted by Crippen LogP contribution is -2.37. The number of aliphatic hydroxyl groups excluding tert-OH is 1. The molecule has 0 aliphatic carbocycles. The summed E-state index contributed by atoms with van der Waals surface area (Å²) in [5.74, 6) is -1.33. The van der Waals surface area contributed by atoms with Crippen LogP contribution in [0.1, 0.15) is 4.88 Å². The van der Waals surface area contributed by atoms with Crippen LogP contribution >= 0.6 is 11.3 Å². The molecule has 2 N–H and O–H groups in total. The zero-order chi connectivity index (χ0) is 17.5. The number of carbonyl (C=O) groups is 1. The summed E-state index contributed by atoms with van der Waals surface area (Å²) >= 11 is 1.01. The second-order valence-electron chi connectivity index (χ2n) is 4.93. The molecule has 1 amide bonds. The Bertz CT molecular complexity index is 1020. The quantitative estimate of drug-likeness (QED) is 0.842. The SMILES string of the molecule is CN1C(C(=O)Nc2cccccc2=O)=C(O)c2sccc2S1(=O)=O. The maximum absolute atomic E-state index is 12.5. The van der Waals surface area contributed by atoms with E-state index in [9.17, 15) is 23.1 Å². The van der Waals surface area contributed by atoms with Crippen LogP contribution in [0.4, 0.5) is 5.69 Å². The lowest BCUT2D eigenvalue weighted by Gasteiger charge is -2.26. The number of amides is 1. The molecule has 1 aromatic heterocycles. The Morgan fingerprint density at radius 3 is 2.67 bits per heavy atom. The van der Waals surface area contributed by atoms with E-state index in [1.54, 1.807) is 12.1 Å². The van der Waals surface area contributed by atoms with Crippen molar-refractivity contribution in [1.29, 1.82) is 0 Å². The van der Waals surface area contributed by atoms with Crippen LogP contribution < -0.4 is 10.7 Å². The molecule has 3 rings (SSSR count). The number of rotatable bonds is 2. The summed E-state index contributed by atoms with van der Waals surface area (Å²) in [6.45, 7) is 0. The van der Waals surface area contributed by atoms with Gasteiger partial charge in [-0.25, -0.2) is 8.42 Å². The van der Waals surface area contributed by atoms with Crippen molar-refractivity contribution in [2.45, 2.75) is 4.90 Å². The van der Waals surface area contributed by atoms with Crippen molar-refractivity contribution in [3.63, 3.8) is 0 Å². The molecular formula is C15H12N2O5S2. The van der Waals surface area contributed by atoms with Crippen molar-refractivity contribution in [3.05, 3.63) is 62.6 Å². The summed E-state index contributed by atoms with van der Waals surface area (Å²) in [6.07, 6.45) is 0. The highest BCUT2D eigenvalue weighted by atomic mass is 32.2. The molecule has 1 aliphatic heterocycles. The largest absolute Gasteiger partial charge is 0.504 e. The number of aliphatic hydroxyl groups is 1. The Labute approximate surface area is 141 Å². The van der Waals surface area contributed by atoms with Crippen molar-refractivity contribution in [1.82, 2.24) is 4.31 Å². The molecule has 2 heterocycles. The summed E-state index contributed by atoms with van der Waals surface area (Å²) in [5, 5.41) is 14.2. The number of hydrogen-bond acceptors (Lipinski definition) is 6. The molecule has 0 saturated carbocycles. The second kappa shape index (κ2) is 5.77. The summed E-state index contributed by atoms with van der Waals surface area (Å²) in [4.78, 5) is 24.4. The van der Waals surface area contributed by atoms with Crippen molar-refractivity contribution in [3.8, 4) is 0 Å². The normalized spacial score (nSPS) is 15.8. The molecule has 9 heteroatoms. The number of sulfonamides is 1. The molecule has 124 valence electrons. The first kappa shape index (κ1) is 16.2. The first-order valence-electron chi connectivity index (χ1n) is 6.75. The zero-order valence-corrected chi connectivity index (χ0v) is 14.0. The maximum Gasteiger partial charge on any atom is 0.276 e. The van der Waals surface area contributed by atoms with Gasteiger partial charge in [-0.05, 0) is 23.6 Å². The predicted octanol–water partition coefficient (Wildman–Crippen LogP) is 1.61. The summed E-state index contributed by atoms with van der Waals surface area (Å²) in [7, 11) is -2.76. The summed E-state index contributed by atoms with van der Waals surface area (Å²) < 4.78 is 25.6. The van der Waals surface area contributed by atoms with Crippen LogP contribution in [0.3, 0.4) is 0 Å². The van der Waals surface area contributed by atoms with E-state index in [0.717, 1.165) is 11.3 Å². The lowest BCUT2D eigenvalue weighted by molar-refractivity contribution is -0.113. The van der Waals surface area contributed by atoms with Crippen molar-refractivity contribution in [2.24, 2.45) is 0 Å². The predicted molar refractivity (Wildman–Crippen MR) is 90.2 cm³/mol. The van der Waals surface area contributed by atoms with Crippen molar-refractivity contribution < 1.29 is 18.3 Å². The third-order valence-corrected chi connectivity index (χ3v) is 6.33. The second-order valence-corrected chi connectivity index (χ2v) is 7.78. The molecule has 2 aromatic rings. The summed E-state index contributed by atoms with van der Waals surface area (Å²) in [6, 6.07) is 8.72. The minimum Gasteiger partial charge on any atom is -0.504 e. The number of nitrogens with zero attached hydrogens (tertiary/aromatic N) is 1. The Morgan fingerprint density at radius 2 is 1.92 bits per heavy atom. The van der Waals surface area contributed by atoms with Gasteiger partial charge in [0.05, 0.1) is 10.6 Å². The Balaban J connectivity index is 2.09. The van der Waals surface area contributed by atoms with Gasteiger partial charge in [0.15, 0.2) is 11.5 Å². The number of nitrogens with one attached hydrogen (secondary N) is 1. The zero-order valence-electron chi connectivity index (χ0n) is 12.4. The highest BCUT2D eigenvalue weighted by Gasteiger charge is 2.38. The maximum atomic E-state index is 12.5. The van der Waals surface area contributed by atoms with Gasteiger partial charge < -0.3 is 10.4 Å². The van der Waals surface area contributed by atoms with Gasteiger partial charge in [-0.1, -0.05) is 18.2 Å². The molecule has 0 saturated heterocycles. The monoisotopic (exact) mass is 364 g/mol. The van der Waals surface area contributed by atoms with E-state index in [4.69, 9.17) is 0 Å². The molecule has 7 nitrogen and oxygen atoms in total. The Hall–Kier alpha value is -2.65. The van der Waals surface area contributed by atoms with E-state index in [0.29, 0.717) is 4.31 Å². The van der Waals surface area contributed by atoms with Gasteiger partial charge >= 0.3 is 0 Å². The Kier molecular flexibility index (Phi) is 3.90. The standard InChI is InChI=1S/C15H12N2O5S2/c1-17-12(13(19)14-11(7-8-23-14)24(17,21)22)15(20)16-9-5-3-2-4-6-10(9)18/h2-8,19H,1H3,(H,16,18,20). The minimum absolute atomic E-state index is 0.0203. The number of carbonyl (C=O) groups excluding carboxylic acids is 1. The van der Waals surface area contributed by atoms with Crippen LogP contribution in [-0.4, -0.2) is 30.8 Å². The number of fused-ring (bicyclic) bond motifs is 1. The smallest absolute Gasteiger partial charge is 0.276 e. The topological polar surface area (TPSA) is 104 Å². The third-order valence-electron chi connectivity index (χ3n) is 3.48. The minimum atomic E-state index is -3.93. The van der Waals surface area contributed by atoms with Crippen LogP contribution in [0.25, 0.3) is 5.76 Å². The first-order valence-corrected chi connectivity index (χ1v) is 9.06. The molecule has 0 unspecified atom stereocenters. The summed E-state index contributed by atoms with van der Waals surface area (Å²) in [5.41, 5.74) is -0.893. The van der Waals surface area contributed by atoms with Crippen molar-refractivity contribution >= 4 is 38.7 Å². The van der Waals surface area contributed by atoms with E-state index in [-0.39, 0.29) is 15.5 Å².